The minimum absolute atomic E-state index is 0.0575. The molecule has 0 bridgehead atoms. The molecule has 9 heteroatoms. The van der Waals surface area contributed by atoms with Gasteiger partial charge in [0.1, 0.15) is 0 Å². The molecule has 0 heterocycles. The summed E-state index contributed by atoms with van der Waals surface area (Å²) in [5.41, 5.74) is 0.735. The maximum Gasteiger partial charge on any atom is 0.243 e. The standard InChI is InChI=1S/C20H24BrClN2O4S/c1-2-28-13-3-12-23-20(25)15-24(14-16-4-8-18(22)9-5-16)29(26,27)19-10-6-17(21)7-11-19/h4-11H,2-3,12-15H2,1H3,(H,23,25). The number of carbonyl (C=O) groups excluding carboxylic acids is 1. The Bertz CT molecular complexity index is 890. The summed E-state index contributed by atoms with van der Waals surface area (Å²) < 4.78 is 33.5. The van der Waals surface area contributed by atoms with Gasteiger partial charge in [-0.3, -0.25) is 4.79 Å². The highest BCUT2D eigenvalue weighted by Crippen LogP contribution is 2.21. The molecule has 1 N–H and O–H groups in total. The number of nitrogens with one attached hydrogen (secondary N) is 1. The SMILES string of the molecule is CCOCCCNC(=O)CN(Cc1ccc(Cl)cc1)S(=O)(=O)c1ccc(Br)cc1. The third-order valence-corrected chi connectivity index (χ3v) is 6.62. The molecule has 0 aliphatic rings. The highest BCUT2D eigenvalue weighted by Gasteiger charge is 2.26. The summed E-state index contributed by atoms with van der Waals surface area (Å²) in [5.74, 6) is -0.365. The van der Waals surface area contributed by atoms with Crippen molar-refractivity contribution in [1.29, 1.82) is 0 Å². The van der Waals surface area contributed by atoms with Crippen molar-refractivity contribution in [1.82, 2.24) is 9.62 Å². The van der Waals surface area contributed by atoms with Gasteiger partial charge in [-0.15, -0.1) is 0 Å². The van der Waals surface area contributed by atoms with E-state index in [-0.39, 0.29) is 23.9 Å². The summed E-state index contributed by atoms with van der Waals surface area (Å²) >= 11 is 9.22. The van der Waals surface area contributed by atoms with E-state index in [0.29, 0.717) is 31.2 Å². The van der Waals surface area contributed by atoms with Crippen molar-refractivity contribution in [2.75, 3.05) is 26.3 Å². The molecule has 0 unspecified atom stereocenters. The molecule has 2 rings (SSSR count). The third kappa shape index (κ3) is 7.71. The Balaban J connectivity index is 2.15. The van der Waals surface area contributed by atoms with Gasteiger partial charge in [0.15, 0.2) is 0 Å². The van der Waals surface area contributed by atoms with Crippen LogP contribution in [0.4, 0.5) is 0 Å². The van der Waals surface area contributed by atoms with Crippen molar-refractivity contribution < 1.29 is 17.9 Å². The lowest BCUT2D eigenvalue weighted by Crippen LogP contribution is -2.40. The lowest BCUT2D eigenvalue weighted by Gasteiger charge is -2.22. The Kier molecular flexibility index (Phi) is 9.58. The number of nitrogens with zero attached hydrogens (tertiary/aromatic N) is 1. The molecule has 2 aromatic rings. The van der Waals surface area contributed by atoms with Crippen molar-refractivity contribution >= 4 is 43.5 Å². The van der Waals surface area contributed by atoms with E-state index in [2.05, 4.69) is 21.2 Å². The summed E-state index contributed by atoms with van der Waals surface area (Å²) in [5, 5.41) is 3.30. The second-order valence-electron chi connectivity index (χ2n) is 6.25. The fourth-order valence-electron chi connectivity index (χ4n) is 2.54. The smallest absolute Gasteiger partial charge is 0.243 e. The lowest BCUT2D eigenvalue weighted by molar-refractivity contribution is -0.121. The fourth-order valence-corrected chi connectivity index (χ4v) is 4.31. The Morgan fingerprint density at radius 1 is 1.14 bits per heavy atom. The van der Waals surface area contributed by atoms with Crippen LogP contribution < -0.4 is 5.32 Å². The summed E-state index contributed by atoms with van der Waals surface area (Å²) in [7, 11) is -3.87. The lowest BCUT2D eigenvalue weighted by atomic mass is 10.2. The Morgan fingerprint density at radius 3 is 2.41 bits per heavy atom. The average Bonchev–Trinajstić information content (AvgIpc) is 2.69. The first-order valence-electron chi connectivity index (χ1n) is 9.17. The zero-order valence-corrected chi connectivity index (χ0v) is 19.3. The highest BCUT2D eigenvalue weighted by molar-refractivity contribution is 9.10. The van der Waals surface area contributed by atoms with E-state index in [4.69, 9.17) is 16.3 Å². The number of rotatable bonds is 11. The largest absolute Gasteiger partial charge is 0.382 e. The fraction of sp³-hybridized carbons (Fsp3) is 0.350. The first-order valence-corrected chi connectivity index (χ1v) is 11.8. The number of sulfonamides is 1. The van der Waals surface area contributed by atoms with E-state index < -0.39 is 10.0 Å². The van der Waals surface area contributed by atoms with Crippen LogP contribution in [0.5, 0.6) is 0 Å². The van der Waals surface area contributed by atoms with Crippen molar-refractivity contribution in [2.45, 2.75) is 24.8 Å². The molecule has 29 heavy (non-hydrogen) atoms. The van der Waals surface area contributed by atoms with Crippen LogP contribution in [-0.4, -0.2) is 44.9 Å². The average molecular weight is 504 g/mol. The van der Waals surface area contributed by atoms with Crippen molar-refractivity contribution in [3.8, 4) is 0 Å². The van der Waals surface area contributed by atoms with E-state index in [9.17, 15) is 13.2 Å². The third-order valence-electron chi connectivity index (χ3n) is 4.04. The van der Waals surface area contributed by atoms with Gasteiger partial charge in [-0.25, -0.2) is 8.42 Å². The topological polar surface area (TPSA) is 75.7 Å². The van der Waals surface area contributed by atoms with Gasteiger partial charge in [0, 0.05) is 35.8 Å². The number of hydrogen-bond donors (Lipinski definition) is 1. The number of benzene rings is 2. The molecular formula is C20H24BrClN2O4S. The molecule has 0 radical (unpaired) electrons. The Hall–Kier alpha value is -1.45. The quantitative estimate of drug-likeness (QED) is 0.473. The van der Waals surface area contributed by atoms with Gasteiger partial charge < -0.3 is 10.1 Å². The monoisotopic (exact) mass is 502 g/mol. The van der Waals surface area contributed by atoms with Gasteiger partial charge in [-0.1, -0.05) is 39.7 Å². The van der Waals surface area contributed by atoms with Crippen LogP contribution in [0.1, 0.15) is 18.9 Å². The van der Waals surface area contributed by atoms with Crippen LogP contribution in [-0.2, 0) is 26.1 Å². The molecule has 2 aromatic carbocycles. The molecule has 0 aromatic heterocycles. The molecule has 1 amide bonds. The maximum atomic E-state index is 13.2. The first kappa shape index (κ1) is 23.8. The van der Waals surface area contributed by atoms with Crippen LogP contribution in [0.25, 0.3) is 0 Å². The Labute approximate surface area is 185 Å². The molecule has 0 spiro atoms. The highest BCUT2D eigenvalue weighted by atomic mass is 79.9. The van der Waals surface area contributed by atoms with Gasteiger partial charge in [-0.2, -0.15) is 4.31 Å². The summed E-state index contributed by atoms with van der Waals surface area (Å²) in [6, 6.07) is 13.2. The van der Waals surface area contributed by atoms with Crippen molar-refractivity contribution in [3.63, 3.8) is 0 Å². The van der Waals surface area contributed by atoms with Gasteiger partial charge in [-0.05, 0) is 55.3 Å². The van der Waals surface area contributed by atoms with Gasteiger partial charge in [0.2, 0.25) is 15.9 Å². The molecule has 0 aliphatic heterocycles. The van der Waals surface area contributed by atoms with E-state index in [1.165, 1.54) is 12.1 Å². The van der Waals surface area contributed by atoms with Crippen molar-refractivity contribution in [2.24, 2.45) is 0 Å². The second kappa shape index (κ2) is 11.7. The normalized spacial score (nSPS) is 11.6. The van der Waals surface area contributed by atoms with Crippen LogP contribution in [0, 0.1) is 0 Å². The molecule has 0 saturated carbocycles. The zero-order chi connectivity index (χ0) is 21.3. The minimum atomic E-state index is -3.87. The maximum absolute atomic E-state index is 13.2. The molecule has 0 fully saturated rings. The predicted molar refractivity (Wildman–Crippen MR) is 117 cm³/mol. The van der Waals surface area contributed by atoms with E-state index in [0.717, 1.165) is 14.3 Å². The van der Waals surface area contributed by atoms with E-state index >= 15 is 0 Å². The second-order valence-corrected chi connectivity index (χ2v) is 9.54. The Morgan fingerprint density at radius 2 is 1.79 bits per heavy atom. The number of amides is 1. The van der Waals surface area contributed by atoms with Crippen LogP contribution in [0.3, 0.4) is 0 Å². The summed E-state index contributed by atoms with van der Waals surface area (Å²) in [4.78, 5) is 12.5. The number of carbonyl (C=O) groups is 1. The summed E-state index contributed by atoms with van der Waals surface area (Å²) in [6.07, 6.45) is 0.663. The molecule has 158 valence electrons. The van der Waals surface area contributed by atoms with Crippen molar-refractivity contribution in [3.05, 3.63) is 63.6 Å². The summed E-state index contributed by atoms with van der Waals surface area (Å²) in [6.45, 7) is 3.26. The predicted octanol–water partition coefficient (Wildman–Crippen LogP) is 3.84. The molecule has 0 atom stereocenters. The number of halogens is 2. The number of ether oxygens (including phenoxy) is 1. The van der Waals surface area contributed by atoms with Gasteiger partial charge in [0.25, 0.3) is 0 Å². The van der Waals surface area contributed by atoms with Crippen LogP contribution in [0.15, 0.2) is 57.9 Å². The minimum Gasteiger partial charge on any atom is -0.382 e. The van der Waals surface area contributed by atoms with E-state index in [1.54, 1.807) is 36.4 Å². The van der Waals surface area contributed by atoms with Gasteiger partial charge in [0.05, 0.1) is 11.4 Å². The first-order chi connectivity index (χ1) is 13.8. The molecular weight excluding hydrogens is 480 g/mol. The van der Waals surface area contributed by atoms with Crippen LogP contribution >= 0.6 is 27.5 Å². The molecule has 6 nitrogen and oxygen atoms in total. The number of hydrogen-bond acceptors (Lipinski definition) is 4. The van der Waals surface area contributed by atoms with E-state index in [1.807, 2.05) is 6.92 Å². The van der Waals surface area contributed by atoms with Gasteiger partial charge >= 0.3 is 0 Å². The molecule has 0 aliphatic carbocycles. The zero-order valence-electron chi connectivity index (χ0n) is 16.1. The van der Waals surface area contributed by atoms with Crippen LogP contribution in [0.2, 0.25) is 5.02 Å². The molecule has 0 saturated heterocycles.